The van der Waals surface area contributed by atoms with Gasteiger partial charge < -0.3 is 5.73 Å². The highest BCUT2D eigenvalue weighted by atomic mass is 32.1. The van der Waals surface area contributed by atoms with Crippen molar-refractivity contribution in [3.05, 3.63) is 23.1 Å². The average molecular weight is 195 g/mol. The largest absolute Gasteiger partial charge is 0.369 e. The van der Waals surface area contributed by atoms with E-state index in [1.54, 1.807) is 17.5 Å². The van der Waals surface area contributed by atoms with Crippen LogP contribution in [0.5, 0.6) is 0 Å². The number of amides is 1. The van der Waals surface area contributed by atoms with Crippen LogP contribution in [-0.2, 0) is 11.2 Å². The number of primary amides is 1. The van der Waals surface area contributed by atoms with E-state index in [4.69, 9.17) is 5.73 Å². The zero-order chi connectivity index (χ0) is 9.42. The van der Waals surface area contributed by atoms with Gasteiger partial charge in [-0.25, -0.2) is 4.98 Å². The lowest BCUT2D eigenvalue weighted by Gasteiger charge is -1.96. The minimum atomic E-state index is -0.312. The Kier molecular flexibility index (Phi) is 1.81. The molecule has 13 heavy (non-hydrogen) atoms. The molecule has 5 heteroatoms. The van der Waals surface area contributed by atoms with E-state index in [0.717, 1.165) is 16.3 Å². The van der Waals surface area contributed by atoms with Crippen LogP contribution in [0.3, 0.4) is 0 Å². The van der Waals surface area contributed by atoms with Crippen LogP contribution in [0.2, 0.25) is 0 Å². The SMILES string of the molecule is Cc1ncc2scc(CC(N)=O)n12. The van der Waals surface area contributed by atoms with Crippen molar-refractivity contribution >= 4 is 22.1 Å². The molecule has 2 N–H and O–H groups in total. The summed E-state index contributed by atoms with van der Waals surface area (Å²) >= 11 is 1.57. The molecule has 0 aliphatic heterocycles. The summed E-state index contributed by atoms with van der Waals surface area (Å²) in [6, 6.07) is 0. The van der Waals surface area contributed by atoms with Gasteiger partial charge in [-0.1, -0.05) is 0 Å². The van der Waals surface area contributed by atoms with Gasteiger partial charge in [0.05, 0.1) is 12.6 Å². The number of carbonyl (C=O) groups is 1. The average Bonchev–Trinajstić information content (AvgIpc) is 2.56. The Morgan fingerprint density at radius 2 is 2.54 bits per heavy atom. The van der Waals surface area contributed by atoms with Crippen LogP contribution in [0.1, 0.15) is 11.5 Å². The summed E-state index contributed by atoms with van der Waals surface area (Å²) in [5, 5.41) is 1.94. The number of carbonyl (C=O) groups excluding carboxylic acids is 1. The zero-order valence-corrected chi connectivity index (χ0v) is 7.97. The molecule has 1 amide bonds. The third kappa shape index (κ3) is 1.31. The molecule has 0 spiro atoms. The molecule has 0 saturated carbocycles. The topological polar surface area (TPSA) is 60.4 Å². The van der Waals surface area contributed by atoms with Gasteiger partial charge in [0, 0.05) is 11.1 Å². The second kappa shape index (κ2) is 2.85. The Hall–Kier alpha value is -1.36. The van der Waals surface area contributed by atoms with Gasteiger partial charge in [0.25, 0.3) is 0 Å². The molecule has 2 heterocycles. The Bertz CT molecular complexity index is 457. The number of nitrogens with zero attached hydrogens (tertiary/aromatic N) is 2. The number of aryl methyl sites for hydroxylation is 1. The Labute approximate surface area is 79.0 Å². The minimum absolute atomic E-state index is 0.275. The number of thiazole rings is 1. The Morgan fingerprint density at radius 3 is 3.23 bits per heavy atom. The second-order valence-corrected chi connectivity index (χ2v) is 3.74. The molecule has 0 unspecified atom stereocenters. The van der Waals surface area contributed by atoms with Gasteiger partial charge in [-0.3, -0.25) is 9.20 Å². The summed E-state index contributed by atoms with van der Waals surface area (Å²) in [5.74, 6) is 0.584. The molecule has 0 saturated heterocycles. The molecule has 0 aliphatic rings. The fourth-order valence-electron chi connectivity index (χ4n) is 1.34. The van der Waals surface area contributed by atoms with Gasteiger partial charge in [-0.15, -0.1) is 11.3 Å². The summed E-state index contributed by atoms with van der Waals surface area (Å²) in [6.45, 7) is 1.91. The summed E-state index contributed by atoms with van der Waals surface area (Å²) in [4.78, 5) is 15.9. The van der Waals surface area contributed by atoms with Gasteiger partial charge in [0.15, 0.2) is 0 Å². The van der Waals surface area contributed by atoms with E-state index in [2.05, 4.69) is 4.98 Å². The number of nitrogens with two attached hydrogens (primary N) is 1. The van der Waals surface area contributed by atoms with Crippen molar-refractivity contribution in [2.75, 3.05) is 0 Å². The van der Waals surface area contributed by atoms with Gasteiger partial charge in [0.1, 0.15) is 10.7 Å². The molecular formula is C8H9N3OS. The summed E-state index contributed by atoms with van der Waals surface area (Å²) in [6.07, 6.45) is 2.07. The molecule has 2 aromatic rings. The highest BCUT2D eigenvalue weighted by molar-refractivity contribution is 7.15. The number of rotatable bonds is 2. The molecule has 0 radical (unpaired) electrons. The van der Waals surface area contributed by atoms with Crippen molar-refractivity contribution < 1.29 is 4.79 Å². The zero-order valence-electron chi connectivity index (χ0n) is 7.15. The Morgan fingerprint density at radius 1 is 1.77 bits per heavy atom. The Balaban J connectivity index is 2.55. The van der Waals surface area contributed by atoms with Gasteiger partial charge in [-0.2, -0.15) is 0 Å². The predicted octanol–water partition coefficient (Wildman–Crippen LogP) is 0.732. The number of imidazole rings is 1. The first-order valence-corrected chi connectivity index (χ1v) is 4.75. The summed E-state index contributed by atoms with van der Waals surface area (Å²) < 4.78 is 1.95. The van der Waals surface area contributed by atoms with Gasteiger partial charge in [-0.05, 0) is 6.92 Å². The van der Waals surface area contributed by atoms with Crippen LogP contribution in [0, 0.1) is 6.92 Å². The fraction of sp³-hybridized carbons (Fsp3) is 0.250. The number of hydrogen-bond acceptors (Lipinski definition) is 3. The van der Waals surface area contributed by atoms with E-state index in [1.165, 1.54) is 0 Å². The number of aromatic nitrogens is 2. The molecule has 4 nitrogen and oxygen atoms in total. The van der Waals surface area contributed by atoms with E-state index in [0.29, 0.717) is 0 Å². The molecule has 0 bridgehead atoms. The normalized spacial score (nSPS) is 10.8. The van der Waals surface area contributed by atoms with Crippen molar-refractivity contribution in [1.82, 2.24) is 9.38 Å². The second-order valence-electron chi connectivity index (χ2n) is 2.85. The van der Waals surface area contributed by atoms with Crippen molar-refractivity contribution in [2.45, 2.75) is 13.3 Å². The third-order valence-electron chi connectivity index (χ3n) is 1.86. The summed E-state index contributed by atoms with van der Waals surface area (Å²) in [5.41, 5.74) is 6.04. The first kappa shape index (κ1) is 8.25. The van der Waals surface area contributed by atoms with Gasteiger partial charge in [0.2, 0.25) is 5.91 Å². The van der Waals surface area contributed by atoms with Crippen molar-refractivity contribution in [3.63, 3.8) is 0 Å². The molecule has 68 valence electrons. The first-order valence-electron chi connectivity index (χ1n) is 3.87. The standard InChI is InChI=1S/C8H9N3OS/c1-5-10-3-8-11(5)6(4-13-8)2-7(9)12/h3-4H,2H2,1H3,(H2,9,12). The lowest BCUT2D eigenvalue weighted by molar-refractivity contribution is -0.117. The predicted molar refractivity (Wildman–Crippen MR) is 50.7 cm³/mol. The van der Waals surface area contributed by atoms with Crippen molar-refractivity contribution in [2.24, 2.45) is 5.73 Å². The third-order valence-corrected chi connectivity index (χ3v) is 2.78. The quantitative estimate of drug-likeness (QED) is 0.768. The smallest absolute Gasteiger partial charge is 0.223 e. The van der Waals surface area contributed by atoms with Crippen LogP contribution in [0.25, 0.3) is 4.83 Å². The number of fused-ring (bicyclic) bond motifs is 1. The van der Waals surface area contributed by atoms with E-state index >= 15 is 0 Å². The number of hydrogen-bond donors (Lipinski definition) is 1. The van der Waals surface area contributed by atoms with Crippen LogP contribution < -0.4 is 5.73 Å². The van der Waals surface area contributed by atoms with E-state index in [9.17, 15) is 4.79 Å². The minimum Gasteiger partial charge on any atom is -0.369 e. The molecule has 2 aromatic heterocycles. The van der Waals surface area contributed by atoms with E-state index in [-0.39, 0.29) is 12.3 Å². The van der Waals surface area contributed by atoms with E-state index < -0.39 is 0 Å². The monoisotopic (exact) mass is 195 g/mol. The van der Waals surface area contributed by atoms with Crippen molar-refractivity contribution in [3.8, 4) is 0 Å². The molecule has 0 fully saturated rings. The van der Waals surface area contributed by atoms with Crippen LogP contribution >= 0.6 is 11.3 Å². The fourth-order valence-corrected chi connectivity index (χ4v) is 2.25. The maximum absolute atomic E-state index is 10.7. The van der Waals surface area contributed by atoms with Crippen LogP contribution in [0.15, 0.2) is 11.6 Å². The van der Waals surface area contributed by atoms with Crippen molar-refractivity contribution in [1.29, 1.82) is 0 Å². The molecule has 0 aromatic carbocycles. The molecule has 0 aliphatic carbocycles. The maximum Gasteiger partial charge on any atom is 0.223 e. The highest BCUT2D eigenvalue weighted by Crippen LogP contribution is 2.18. The lowest BCUT2D eigenvalue weighted by Crippen LogP contribution is -2.15. The maximum atomic E-state index is 10.7. The molecule has 0 atom stereocenters. The molecular weight excluding hydrogens is 186 g/mol. The van der Waals surface area contributed by atoms with E-state index in [1.807, 2.05) is 16.7 Å². The lowest BCUT2D eigenvalue weighted by atomic mass is 10.3. The van der Waals surface area contributed by atoms with Crippen LogP contribution in [-0.4, -0.2) is 15.3 Å². The molecule has 2 rings (SSSR count). The van der Waals surface area contributed by atoms with Crippen LogP contribution in [0.4, 0.5) is 0 Å². The van der Waals surface area contributed by atoms with Gasteiger partial charge >= 0.3 is 0 Å². The highest BCUT2D eigenvalue weighted by Gasteiger charge is 2.08. The summed E-state index contributed by atoms with van der Waals surface area (Å²) in [7, 11) is 0. The first-order chi connectivity index (χ1) is 6.18.